The third-order valence-corrected chi connectivity index (χ3v) is 9.43. The number of rotatable bonds is 14. The molecule has 1 saturated heterocycles. The molecule has 1 saturated carbocycles. The van der Waals surface area contributed by atoms with Crippen molar-refractivity contribution in [3.63, 3.8) is 0 Å². The number of benzene rings is 1. The first-order chi connectivity index (χ1) is 20.2. The Morgan fingerprint density at radius 2 is 1.77 bits per heavy atom. The van der Waals surface area contributed by atoms with Gasteiger partial charge in [0, 0.05) is 31.0 Å². The second-order valence-corrected chi connectivity index (χ2v) is 14.2. The fourth-order valence-electron chi connectivity index (χ4n) is 6.94. The van der Waals surface area contributed by atoms with E-state index in [9.17, 15) is 24.6 Å². The molecule has 5 N–H and O–H groups in total. The topological polar surface area (TPSA) is 142 Å². The number of fused-ring (bicyclic) bond motifs is 1. The standard InChI is InChI=1S/C34H55N3O6/c1-23(30(35)32(41)43-5)15-16-29(39)27(17-24-11-7-6-8-12-24)19-34(42,22-38)21-37-20-26-14-10-9-13-25(26)18-28(37)31(40)36-33(2,3)4/h6-8,11-12,23,25-28,30,38,42H,9-10,13-22,35H2,1-5H3,(H,36,40)/t23-,25?,26?,27?,28?,30-,34?/m0/s1. The van der Waals surface area contributed by atoms with E-state index in [-0.39, 0.29) is 42.5 Å². The molecule has 2 fully saturated rings. The fraction of sp³-hybridized carbons (Fsp3) is 0.735. The van der Waals surface area contributed by atoms with Crippen LogP contribution in [0, 0.1) is 23.7 Å². The maximum atomic E-state index is 13.7. The number of nitrogens with two attached hydrogens (primary N) is 1. The van der Waals surface area contributed by atoms with Crippen molar-refractivity contribution in [1.29, 1.82) is 0 Å². The number of hydrogen-bond acceptors (Lipinski definition) is 8. The molecule has 242 valence electrons. The first-order valence-electron chi connectivity index (χ1n) is 16.0. The predicted molar refractivity (Wildman–Crippen MR) is 167 cm³/mol. The van der Waals surface area contributed by atoms with Crippen molar-refractivity contribution in [2.45, 2.75) is 109 Å². The van der Waals surface area contributed by atoms with Gasteiger partial charge >= 0.3 is 5.97 Å². The van der Waals surface area contributed by atoms with Gasteiger partial charge in [0.15, 0.2) is 0 Å². The van der Waals surface area contributed by atoms with E-state index in [0.29, 0.717) is 31.2 Å². The summed E-state index contributed by atoms with van der Waals surface area (Å²) >= 11 is 0. The van der Waals surface area contributed by atoms with E-state index in [1.807, 2.05) is 58.0 Å². The lowest BCUT2D eigenvalue weighted by molar-refractivity contribution is -0.143. The number of aliphatic hydroxyl groups excluding tert-OH is 1. The summed E-state index contributed by atoms with van der Waals surface area (Å²) in [7, 11) is 1.29. The fourth-order valence-corrected chi connectivity index (χ4v) is 6.94. The Kier molecular flexibility index (Phi) is 12.8. The monoisotopic (exact) mass is 601 g/mol. The van der Waals surface area contributed by atoms with Gasteiger partial charge in [0.25, 0.3) is 0 Å². The van der Waals surface area contributed by atoms with Gasteiger partial charge in [0.05, 0.1) is 19.8 Å². The first-order valence-corrected chi connectivity index (χ1v) is 16.0. The number of hydrogen-bond donors (Lipinski definition) is 4. The number of piperidine rings is 1. The number of nitrogens with one attached hydrogen (secondary N) is 1. The second-order valence-electron chi connectivity index (χ2n) is 14.2. The van der Waals surface area contributed by atoms with E-state index in [0.717, 1.165) is 24.8 Å². The van der Waals surface area contributed by atoms with Crippen LogP contribution in [0.2, 0.25) is 0 Å². The zero-order valence-electron chi connectivity index (χ0n) is 26.9. The Morgan fingerprint density at radius 1 is 1.12 bits per heavy atom. The van der Waals surface area contributed by atoms with Crippen molar-refractivity contribution < 1.29 is 29.3 Å². The molecular formula is C34H55N3O6. The van der Waals surface area contributed by atoms with Gasteiger partial charge in [0.1, 0.15) is 17.4 Å². The number of Topliss-reactive ketones (excluding diaryl/α,β-unsaturated/α-hetero) is 1. The lowest BCUT2D eigenvalue weighted by Crippen LogP contribution is -2.61. The summed E-state index contributed by atoms with van der Waals surface area (Å²) in [6.45, 7) is 7.99. The van der Waals surface area contributed by atoms with Crippen LogP contribution in [0.3, 0.4) is 0 Å². The Labute approximate surface area is 257 Å². The number of esters is 1. The number of ketones is 1. The number of aliphatic hydroxyl groups is 2. The molecule has 2 aliphatic rings. The van der Waals surface area contributed by atoms with E-state index in [1.54, 1.807) is 0 Å². The molecule has 43 heavy (non-hydrogen) atoms. The van der Waals surface area contributed by atoms with Crippen LogP contribution in [0.4, 0.5) is 0 Å². The third-order valence-electron chi connectivity index (χ3n) is 9.43. The van der Waals surface area contributed by atoms with Gasteiger partial charge in [-0.25, -0.2) is 0 Å². The number of β-amino-alcohol motifs (C(OH)–C–C–N with tert-alkyl or cyclic N) is 1. The van der Waals surface area contributed by atoms with Crippen molar-refractivity contribution in [3.05, 3.63) is 35.9 Å². The number of carbonyl (C=O) groups excluding carboxylic acids is 3. The summed E-state index contributed by atoms with van der Waals surface area (Å²) in [6.07, 6.45) is 6.38. The first kappa shape index (κ1) is 35.2. The van der Waals surface area contributed by atoms with Crippen LogP contribution >= 0.6 is 0 Å². The minimum absolute atomic E-state index is 0.0485. The molecule has 5 unspecified atom stereocenters. The molecular weight excluding hydrogens is 546 g/mol. The highest BCUT2D eigenvalue weighted by Gasteiger charge is 2.44. The molecule has 7 atom stereocenters. The summed E-state index contributed by atoms with van der Waals surface area (Å²) in [6, 6.07) is 8.43. The van der Waals surface area contributed by atoms with Gasteiger partial charge in [0.2, 0.25) is 5.91 Å². The maximum Gasteiger partial charge on any atom is 0.322 e. The number of likely N-dealkylation sites (tertiary alicyclic amines) is 1. The second kappa shape index (κ2) is 15.6. The van der Waals surface area contributed by atoms with Crippen LogP contribution in [0.15, 0.2) is 30.3 Å². The molecule has 1 amide bonds. The summed E-state index contributed by atoms with van der Waals surface area (Å²) in [5.41, 5.74) is 5.01. The van der Waals surface area contributed by atoms with Gasteiger partial charge < -0.3 is 26.0 Å². The van der Waals surface area contributed by atoms with Crippen LogP contribution in [-0.2, 0) is 25.5 Å². The van der Waals surface area contributed by atoms with Gasteiger partial charge in [-0.1, -0.05) is 56.5 Å². The number of methoxy groups -OCH3 is 1. The van der Waals surface area contributed by atoms with Crippen LogP contribution in [0.25, 0.3) is 0 Å². The van der Waals surface area contributed by atoms with Crippen molar-refractivity contribution in [1.82, 2.24) is 10.2 Å². The Bertz CT molecular complexity index is 1060. The summed E-state index contributed by atoms with van der Waals surface area (Å²) in [5.74, 6) is -0.495. The molecule has 1 aliphatic carbocycles. The van der Waals surface area contributed by atoms with Crippen LogP contribution < -0.4 is 11.1 Å². The Hall–Kier alpha value is -2.33. The largest absolute Gasteiger partial charge is 0.468 e. The Balaban J connectivity index is 1.80. The summed E-state index contributed by atoms with van der Waals surface area (Å²) < 4.78 is 4.76. The van der Waals surface area contributed by atoms with Gasteiger partial charge in [-0.2, -0.15) is 0 Å². The van der Waals surface area contributed by atoms with E-state index < -0.39 is 36.2 Å². The van der Waals surface area contributed by atoms with E-state index in [2.05, 4.69) is 10.2 Å². The van der Waals surface area contributed by atoms with Crippen LogP contribution in [0.5, 0.6) is 0 Å². The summed E-state index contributed by atoms with van der Waals surface area (Å²) in [5, 5.41) is 25.6. The zero-order valence-corrected chi connectivity index (χ0v) is 26.9. The smallest absolute Gasteiger partial charge is 0.322 e. The maximum absolute atomic E-state index is 13.7. The normalized spacial score (nSPS) is 24.6. The van der Waals surface area contributed by atoms with Crippen LogP contribution in [-0.4, -0.2) is 82.8 Å². The molecule has 1 aromatic rings. The Morgan fingerprint density at radius 3 is 2.37 bits per heavy atom. The lowest BCUT2D eigenvalue weighted by Gasteiger charge is -2.48. The highest BCUT2D eigenvalue weighted by molar-refractivity contribution is 5.83. The minimum Gasteiger partial charge on any atom is -0.468 e. The van der Waals surface area contributed by atoms with Gasteiger partial charge in [-0.05, 0) is 76.2 Å². The number of carbonyl (C=O) groups is 3. The third kappa shape index (κ3) is 10.4. The molecule has 1 heterocycles. The van der Waals surface area contributed by atoms with E-state index >= 15 is 0 Å². The average molecular weight is 602 g/mol. The van der Waals surface area contributed by atoms with E-state index in [4.69, 9.17) is 10.5 Å². The lowest BCUT2D eigenvalue weighted by atomic mass is 9.72. The number of amides is 1. The summed E-state index contributed by atoms with van der Waals surface area (Å²) in [4.78, 5) is 41.2. The van der Waals surface area contributed by atoms with Crippen molar-refractivity contribution >= 4 is 17.7 Å². The molecule has 0 spiro atoms. The SMILES string of the molecule is COC(=O)[C@@H](N)[C@@H](C)CCC(=O)C(Cc1ccccc1)CC(O)(CO)CN1CC2CCCCC2CC1C(=O)NC(C)(C)C. The highest BCUT2D eigenvalue weighted by atomic mass is 16.5. The quantitative estimate of drug-likeness (QED) is 0.238. The van der Waals surface area contributed by atoms with Crippen molar-refractivity contribution in [3.8, 4) is 0 Å². The molecule has 0 radical (unpaired) electrons. The zero-order chi connectivity index (χ0) is 31.8. The molecule has 1 aliphatic heterocycles. The van der Waals surface area contributed by atoms with Gasteiger partial charge in [-0.3, -0.25) is 19.3 Å². The molecule has 9 heteroatoms. The molecule has 0 bridgehead atoms. The number of ether oxygens (including phenoxy) is 1. The van der Waals surface area contributed by atoms with E-state index in [1.165, 1.54) is 20.0 Å². The highest BCUT2D eigenvalue weighted by Crippen LogP contribution is 2.39. The molecule has 9 nitrogen and oxygen atoms in total. The van der Waals surface area contributed by atoms with Crippen molar-refractivity contribution in [2.24, 2.45) is 29.4 Å². The molecule has 1 aromatic carbocycles. The predicted octanol–water partition coefficient (Wildman–Crippen LogP) is 3.24. The molecule has 3 rings (SSSR count). The van der Waals surface area contributed by atoms with Crippen LogP contribution in [0.1, 0.15) is 84.6 Å². The average Bonchev–Trinajstić information content (AvgIpc) is 2.97. The minimum atomic E-state index is -1.58. The van der Waals surface area contributed by atoms with Crippen molar-refractivity contribution in [2.75, 3.05) is 26.8 Å². The molecule has 0 aromatic heterocycles. The van der Waals surface area contributed by atoms with Gasteiger partial charge in [-0.15, -0.1) is 0 Å². The number of nitrogens with zero attached hydrogens (tertiary/aromatic N) is 1.